The second-order valence-corrected chi connectivity index (χ2v) is 7.88. The number of amides is 2. The zero-order valence-corrected chi connectivity index (χ0v) is 20.2. The average molecular weight is 490 g/mol. The molecule has 0 aliphatic rings. The van der Waals surface area contributed by atoms with Gasteiger partial charge in [-0.2, -0.15) is 5.10 Å². The predicted molar refractivity (Wildman–Crippen MR) is 128 cm³/mol. The summed E-state index contributed by atoms with van der Waals surface area (Å²) in [7, 11) is 1.27. The number of esters is 1. The Balaban J connectivity index is 2.04. The quantitative estimate of drug-likeness (QED) is 0.284. The lowest BCUT2D eigenvalue weighted by atomic mass is 10.0. The number of hydrazone groups is 1. The van der Waals surface area contributed by atoms with E-state index in [1.165, 1.54) is 13.3 Å². The van der Waals surface area contributed by atoms with Crippen LogP contribution in [0.25, 0.3) is 0 Å². The van der Waals surface area contributed by atoms with Crippen molar-refractivity contribution in [1.29, 1.82) is 0 Å². The molecule has 2 N–H and O–H groups in total. The summed E-state index contributed by atoms with van der Waals surface area (Å²) >= 11 is 5.86. The van der Waals surface area contributed by atoms with Gasteiger partial charge in [0.25, 0.3) is 11.8 Å². The first-order chi connectivity index (χ1) is 16.2. The first-order valence-corrected chi connectivity index (χ1v) is 11.0. The minimum Gasteiger partial charge on any atom is -0.490 e. The van der Waals surface area contributed by atoms with Crippen molar-refractivity contribution in [3.05, 3.63) is 58.6 Å². The summed E-state index contributed by atoms with van der Waals surface area (Å²) < 4.78 is 15.5. The fourth-order valence-corrected chi connectivity index (χ4v) is 2.91. The van der Waals surface area contributed by atoms with Crippen LogP contribution in [0.1, 0.15) is 36.7 Å². The van der Waals surface area contributed by atoms with Crippen LogP contribution in [0.15, 0.2) is 47.6 Å². The number of benzene rings is 2. The Morgan fingerprint density at radius 1 is 1.06 bits per heavy atom. The summed E-state index contributed by atoms with van der Waals surface area (Å²) in [6, 6.07) is 10.6. The SMILES string of the molecule is CCOc1cc(/C=N\NC(=O)C(NC(=O)c2ccc(Cl)cc2)C(C)C)ccc1OCC(=O)OC. The van der Waals surface area contributed by atoms with Crippen LogP contribution in [0.5, 0.6) is 11.5 Å². The maximum atomic E-state index is 12.6. The summed E-state index contributed by atoms with van der Waals surface area (Å²) in [5.41, 5.74) is 3.47. The number of hydrogen-bond donors (Lipinski definition) is 2. The van der Waals surface area contributed by atoms with Crippen molar-refractivity contribution >= 4 is 35.6 Å². The molecule has 1 atom stereocenters. The number of hydrogen-bond acceptors (Lipinski definition) is 7. The van der Waals surface area contributed by atoms with Gasteiger partial charge in [0.1, 0.15) is 6.04 Å². The normalized spacial score (nSPS) is 11.7. The highest BCUT2D eigenvalue weighted by molar-refractivity contribution is 6.30. The van der Waals surface area contributed by atoms with E-state index < -0.39 is 23.8 Å². The summed E-state index contributed by atoms with van der Waals surface area (Å²) in [4.78, 5) is 36.4. The van der Waals surface area contributed by atoms with E-state index in [1.54, 1.807) is 42.5 Å². The van der Waals surface area contributed by atoms with Gasteiger partial charge in [0.2, 0.25) is 0 Å². The largest absolute Gasteiger partial charge is 0.490 e. The van der Waals surface area contributed by atoms with E-state index >= 15 is 0 Å². The summed E-state index contributed by atoms with van der Waals surface area (Å²) in [5, 5.41) is 7.22. The molecule has 2 aromatic carbocycles. The molecular formula is C24H28ClN3O6. The predicted octanol–water partition coefficient (Wildman–Crippen LogP) is 3.20. The molecule has 2 aromatic rings. The van der Waals surface area contributed by atoms with E-state index in [2.05, 4.69) is 20.6 Å². The second-order valence-electron chi connectivity index (χ2n) is 7.44. The molecule has 0 spiro atoms. The standard InChI is InChI=1S/C24H28ClN3O6/c1-5-33-20-12-16(6-11-19(20)34-14-21(29)32-4)13-26-28-24(31)22(15(2)3)27-23(30)17-7-9-18(25)10-8-17/h6-13,15,22H,5,14H2,1-4H3,(H,27,30)(H,28,31)/b26-13-. The molecule has 9 nitrogen and oxygen atoms in total. The van der Waals surface area contributed by atoms with E-state index in [-0.39, 0.29) is 12.5 Å². The van der Waals surface area contributed by atoms with Gasteiger partial charge in [-0.15, -0.1) is 0 Å². The van der Waals surface area contributed by atoms with Crippen LogP contribution < -0.4 is 20.2 Å². The molecular weight excluding hydrogens is 462 g/mol. The van der Waals surface area contributed by atoms with Crippen molar-refractivity contribution in [3.63, 3.8) is 0 Å². The molecule has 0 saturated heterocycles. The number of carbonyl (C=O) groups is 3. The highest BCUT2D eigenvalue weighted by Crippen LogP contribution is 2.28. The van der Waals surface area contributed by atoms with Gasteiger partial charge >= 0.3 is 5.97 Å². The number of ether oxygens (including phenoxy) is 3. The van der Waals surface area contributed by atoms with Gasteiger partial charge in [-0.3, -0.25) is 9.59 Å². The van der Waals surface area contributed by atoms with Crippen LogP contribution >= 0.6 is 11.6 Å². The number of carbonyl (C=O) groups excluding carboxylic acids is 3. The lowest BCUT2D eigenvalue weighted by Gasteiger charge is -2.20. The van der Waals surface area contributed by atoms with Gasteiger partial charge < -0.3 is 19.5 Å². The Labute approximate surface area is 203 Å². The molecule has 1 unspecified atom stereocenters. The molecule has 0 aliphatic carbocycles. The van der Waals surface area contributed by atoms with Crippen LogP contribution in [0, 0.1) is 5.92 Å². The zero-order chi connectivity index (χ0) is 25.1. The van der Waals surface area contributed by atoms with E-state index in [1.807, 2.05) is 20.8 Å². The summed E-state index contributed by atoms with van der Waals surface area (Å²) in [5.74, 6) is -0.758. The van der Waals surface area contributed by atoms with Gasteiger partial charge in [0.05, 0.1) is 19.9 Å². The van der Waals surface area contributed by atoms with Crippen LogP contribution in [0.3, 0.4) is 0 Å². The Bertz CT molecular complexity index is 1020. The third-order valence-corrected chi connectivity index (χ3v) is 4.82. The molecule has 182 valence electrons. The van der Waals surface area contributed by atoms with Gasteiger partial charge in [0.15, 0.2) is 18.1 Å². The molecule has 10 heteroatoms. The van der Waals surface area contributed by atoms with E-state index in [9.17, 15) is 14.4 Å². The van der Waals surface area contributed by atoms with Gasteiger partial charge in [-0.25, -0.2) is 10.2 Å². The first-order valence-electron chi connectivity index (χ1n) is 10.6. The maximum absolute atomic E-state index is 12.6. The molecule has 2 rings (SSSR count). The number of nitrogens with zero attached hydrogens (tertiary/aromatic N) is 1. The third kappa shape index (κ3) is 8.08. The highest BCUT2D eigenvalue weighted by Gasteiger charge is 2.24. The molecule has 0 heterocycles. The first kappa shape index (κ1) is 26.7. The Morgan fingerprint density at radius 2 is 1.76 bits per heavy atom. The fraction of sp³-hybridized carbons (Fsp3) is 0.333. The number of methoxy groups -OCH3 is 1. The van der Waals surface area contributed by atoms with Crippen molar-refractivity contribution in [2.24, 2.45) is 11.0 Å². The Kier molecular flexibility index (Phi) is 10.3. The Hall–Kier alpha value is -3.59. The van der Waals surface area contributed by atoms with Gasteiger partial charge in [-0.1, -0.05) is 25.4 Å². The number of halogens is 1. The number of rotatable bonds is 11. The van der Waals surface area contributed by atoms with Crippen molar-refractivity contribution in [2.75, 3.05) is 20.3 Å². The summed E-state index contributed by atoms with van der Waals surface area (Å²) in [6.45, 7) is 5.58. The molecule has 0 radical (unpaired) electrons. The summed E-state index contributed by atoms with van der Waals surface area (Å²) in [6.07, 6.45) is 1.43. The molecule has 0 saturated carbocycles. The monoisotopic (exact) mass is 489 g/mol. The molecule has 2 amide bonds. The smallest absolute Gasteiger partial charge is 0.343 e. The third-order valence-electron chi connectivity index (χ3n) is 4.57. The van der Waals surface area contributed by atoms with Crippen molar-refractivity contribution in [2.45, 2.75) is 26.8 Å². The van der Waals surface area contributed by atoms with E-state index in [0.717, 1.165) is 0 Å². The topological polar surface area (TPSA) is 115 Å². The molecule has 34 heavy (non-hydrogen) atoms. The minimum absolute atomic E-state index is 0.178. The van der Waals surface area contributed by atoms with Crippen molar-refractivity contribution in [3.8, 4) is 11.5 Å². The Morgan fingerprint density at radius 3 is 2.38 bits per heavy atom. The molecule has 0 aromatic heterocycles. The van der Waals surface area contributed by atoms with Crippen LogP contribution in [0.4, 0.5) is 0 Å². The average Bonchev–Trinajstić information content (AvgIpc) is 2.81. The zero-order valence-electron chi connectivity index (χ0n) is 19.5. The molecule has 0 aliphatic heterocycles. The highest BCUT2D eigenvalue weighted by atomic mass is 35.5. The second kappa shape index (κ2) is 13.2. The lowest BCUT2D eigenvalue weighted by Crippen LogP contribution is -2.48. The molecule has 0 fully saturated rings. The van der Waals surface area contributed by atoms with Gasteiger partial charge in [0, 0.05) is 10.6 Å². The van der Waals surface area contributed by atoms with Crippen molar-refractivity contribution < 1.29 is 28.6 Å². The van der Waals surface area contributed by atoms with E-state index in [0.29, 0.717) is 34.3 Å². The van der Waals surface area contributed by atoms with Crippen molar-refractivity contribution in [1.82, 2.24) is 10.7 Å². The number of nitrogens with one attached hydrogen (secondary N) is 2. The lowest BCUT2D eigenvalue weighted by molar-refractivity contribution is -0.142. The minimum atomic E-state index is -0.798. The maximum Gasteiger partial charge on any atom is 0.343 e. The molecule has 0 bridgehead atoms. The van der Waals surface area contributed by atoms with Crippen LogP contribution in [-0.4, -0.2) is 50.4 Å². The van der Waals surface area contributed by atoms with Crippen LogP contribution in [0.2, 0.25) is 5.02 Å². The van der Waals surface area contributed by atoms with E-state index in [4.69, 9.17) is 21.1 Å². The fourth-order valence-electron chi connectivity index (χ4n) is 2.79. The van der Waals surface area contributed by atoms with Crippen LogP contribution in [-0.2, 0) is 14.3 Å². The van der Waals surface area contributed by atoms with Gasteiger partial charge in [-0.05, 0) is 60.9 Å².